The van der Waals surface area contributed by atoms with E-state index in [-0.39, 0.29) is 0 Å². The van der Waals surface area contributed by atoms with Crippen molar-refractivity contribution in [3.8, 4) is 5.88 Å². The summed E-state index contributed by atoms with van der Waals surface area (Å²) in [5.74, 6) is 0.638. The highest BCUT2D eigenvalue weighted by molar-refractivity contribution is 9.10. The minimum atomic E-state index is 0.485. The van der Waals surface area contributed by atoms with Crippen LogP contribution < -0.4 is 10.5 Å². The van der Waals surface area contributed by atoms with Crippen molar-refractivity contribution in [1.82, 2.24) is 4.98 Å². The van der Waals surface area contributed by atoms with Gasteiger partial charge in [-0.15, -0.1) is 0 Å². The van der Waals surface area contributed by atoms with Crippen molar-refractivity contribution in [2.24, 2.45) is 5.73 Å². The van der Waals surface area contributed by atoms with Crippen LogP contribution in [0.5, 0.6) is 5.88 Å². The average Bonchev–Trinajstić information content (AvgIpc) is 2.27. The maximum atomic E-state index is 5.47. The van der Waals surface area contributed by atoms with Gasteiger partial charge >= 0.3 is 0 Å². The summed E-state index contributed by atoms with van der Waals surface area (Å²) in [7, 11) is 0. The number of ether oxygens (including phenoxy) is 1. The van der Waals surface area contributed by atoms with Crippen LogP contribution in [0.3, 0.4) is 0 Å². The van der Waals surface area contributed by atoms with Crippen molar-refractivity contribution in [2.45, 2.75) is 0 Å². The van der Waals surface area contributed by atoms with Crippen LogP contribution in [0.15, 0.2) is 34.9 Å². The molecule has 2 rings (SSSR count). The van der Waals surface area contributed by atoms with Crippen LogP contribution in [0.2, 0.25) is 0 Å². The first-order valence-corrected chi connectivity index (χ1v) is 5.48. The topological polar surface area (TPSA) is 48.1 Å². The minimum Gasteiger partial charge on any atom is -0.476 e. The molecular weight excluding hydrogens is 256 g/mol. The smallest absolute Gasteiger partial charge is 0.221 e. The van der Waals surface area contributed by atoms with Gasteiger partial charge in [-0.2, -0.15) is 0 Å². The van der Waals surface area contributed by atoms with Crippen molar-refractivity contribution < 1.29 is 4.74 Å². The third kappa shape index (κ3) is 2.11. The van der Waals surface area contributed by atoms with E-state index in [2.05, 4.69) is 20.9 Å². The normalized spacial score (nSPS) is 10.5. The predicted octanol–water partition coefficient (Wildman–Crippen LogP) is 2.33. The van der Waals surface area contributed by atoms with Gasteiger partial charge < -0.3 is 10.5 Å². The van der Waals surface area contributed by atoms with E-state index in [0.717, 1.165) is 15.2 Å². The summed E-state index contributed by atoms with van der Waals surface area (Å²) in [6.07, 6.45) is 1.74. The van der Waals surface area contributed by atoms with Crippen LogP contribution in [0.1, 0.15) is 0 Å². The molecule has 2 aromatic rings. The molecule has 4 heteroatoms. The van der Waals surface area contributed by atoms with Gasteiger partial charge in [0.1, 0.15) is 6.61 Å². The largest absolute Gasteiger partial charge is 0.476 e. The first-order chi connectivity index (χ1) is 7.33. The van der Waals surface area contributed by atoms with Gasteiger partial charge in [-0.05, 0) is 18.2 Å². The summed E-state index contributed by atoms with van der Waals surface area (Å²) < 4.78 is 6.51. The molecule has 1 aromatic carbocycles. The van der Waals surface area contributed by atoms with E-state index in [9.17, 15) is 0 Å². The molecule has 0 unspecified atom stereocenters. The Kier molecular flexibility index (Phi) is 3.18. The number of halogens is 1. The van der Waals surface area contributed by atoms with E-state index in [4.69, 9.17) is 10.5 Å². The van der Waals surface area contributed by atoms with Crippen LogP contribution in [-0.2, 0) is 0 Å². The molecule has 78 valence electrons. The Morgan fingerprint density at radius 3 is 2.93 bits per heavy atom. The number of nitrogens with zero attached hydrogens (tertiary/aromatic N) is 1. The third-order valence-corrected chi connectivity index (χ3v) is 2.76. The van der Waals surface area contributed by atoms with Gasteiger partial charge in [-0.25, -0.2) is 4.98 Å². The number of fused-ring (bicyclic) bond motifs is 1. The maximum absolute atomic E-state index is 5.47. The zero-order chi connectivity index (χ0) is 10.7. The van der Waals surface area contributed by atoms with Crippen LogP contribution >= 0.6 is 15.9 Å². The monoisotopic (exact) mass is 266 g/mol. The van der Waals surface area contributed by atoms with Gasteiger partial charge in [-0.3, -0.25) is 0 Å². The van der Waals surface area contributed by atoms with Gasteiger partial charge in [0.15, 0.2) is 0 Å². The number of nitrogens with two attached hydrogens (primary N) is 1. The van der Waals surface area contributed by atoms with Crippen LogP contribution in [0, 0.1) is 0 Å². The Bertz CT molecular complexity index is 473. The fourth-order valence-corrected chi connectivity index (χ4v) is 1.91. The fraction of sp³-hybridized carbons (Fsp3) is 0.182. The van der Waals surface area contributed by atoms with Crippen molar-refractivity contribution in [2.75, 3.05) is 13.2 Å². The van der Waals surface area contributed by atoms with Gasteiger partial charge in [0.2, 0.25) is 5.88 Å². The molecule has 0 bridgehead atoms. The molecule has 0 saturated heterocycles. The van der Waals surface area contributed by atoms with Gasteiger partial charge in [0, 0.05) is 28.0 Å². The first-order valence-electron chi connectivity index (χ1n) is 4.69. The van der Waals surface area contributed by atoms with E-state index in [1.54, 1.807) is 6.20 Å². The molecule has 1 aromatic heterocycles. The lowest BCUT2D eigenvalue weighted by Gasteiger charge is -2.07. The molecule has 3 nitrogen and oxygen atoms in total. The molecule has 2 N–H and O–H groups in total. The van der Waals surface area contributed by atoms with E-state index in [1.807, 2.05) is 24.3 Å². The summed E-state index contributed by atoms with van der Waals surface area (Å²) >= 11 is 3.49. The summed E-state index contributed by atoms with van der Waals surface area (Å²) in [5.41, 5.74) is 5.39. The summed E-state index contributed by atoms with van der Waals surface area (Å²) in [4.78, 5) is 4.19. The van der Waals surface area contributed by atoms with E-state index in [1.165, 1.54) is 0 Å². The molecule has 0 radical (unpaired) electrons. The molecule has 0 aliphatic rings. The van der Waals surface area contributed by atoms with Gasteiger partial charge in [-0.1, -0.05) is 22.0 Å². The Hall–Kier alpha value is -1.13. The number of aromatic nitrogens is 1. The number of hydrogen-bond donors (Lipinski definition) is 1. The quantitative estimate of drug-likeness (QED) is 0.928. The lowest BCUT2D eigenvalue weighted by molar-refractivity contribution is 0.320. The lowest BCUT2D eigenvalue weighted by Crippen LogP contribution is -2.11. The molecule has 0 amide bonds. The highest BCUT2D eigenvalue weighted by Gasteiger charge is 2.04. The zero-order valence-corrected chi connectivity index (χ0v) is 9.70. The standard InChI is InChI=1S/C11H11BrN2O/c12-10-3-1-2-9-8(10)4-6-14-11(9)15-7-5-13/h1-4,6H,5,7,13H2. The molecule has 0 saturated carbocycles. The molecule has 0 fully saturated rings. The molecule has 1 heterocycles. The minimum absolute atomic E-state index is 0.485. The SMILES string of the molecule is NCCOc1nccc2c(Br)cccc12. The summed E-state index contributed by atoms with van der Waals surface area (Å²) in [6.45, 7) is 0.977. The van der Waals surface area contributed by atoms with Crippen molar-refractivity contribution in [3.63, 3.8) is 0 Å². The van der Waals surface area contributed by atoms with E-state index in [0.29, 0.717) is 19.0 Å². The Balaban J connectivity index is 2.51. The number of benzene rings is 1. The molecular formula is C11H11BrN2O. The average molecular weight is 267 g/mol. The molecule has 0 aliphatic heterocycles. The Morgan fingerprint density at radius 2 is 2.13 bits per heavy atom. The number of rotatable bonds is 3. The Labute approximate surface area is 96.4 Å². The second kappa shape index (κ2) is 4.59. The highest BCUT2D eigenvalue weighted by atomic mass is 79.9. The highest BCUT2D eigenvalue weighted by Crippen LogP contribution is 2.28. The maximum Gasteiger partial charge on any atom is 0.221 e. The first kappa shape index (κ1) is 10.4. The number of pyridine rings is 1. The zero-order valence-electron chi connectivity index (χ0n) is 8.11. The van der Waals surface area contributed by atoms with Crippen molar-refractivity contribution >= 4 is 26.7 Å². The summed E-state index contributed by atoms with van der Waals surface area (Å²) in [6, 6.07) is 7.89. The van der Waals surface area contributed by atoms with Crippen LogP contribution in [-0.4, -0.2) is 18.1 Å². The van der Waals surface area contributed by atoms with Crippen LogP contribution in [0.25, 0.3) is 10.8 Å². The number of hydrogen-bond acceptors (Lipinski definition) is 3. The second-order valence-corrected chi connectivity index (χ2v) is 3.94. The van der Waals surface area contributed by atoms with Crippen LogP contribution in [0.4, 0.5) is 0 Å². The van der Waals surface area contributed by atoms with Gasteiger partial charge in [0.25, 0.3) is 0 Å². The van der Waals surface area contributed by atoms with E-state index >= 15 is 0 Å². The molecule has 0 aliphatic carbocycles. The molecule has 0 spiro atoms. The van der Waals surface area contributed by atoms with Crippen molar-refractivity contribution in [1.29, 1.82) is 0 Å². The Morgan fingerprint density at radius 1 is 1.27 bits per heavy atom. The van der Waals surface area contributed by atoms with Crippen molar-refractivity contribution in [3.05, 3.63) is 34.9 Å². The summed E-state index contributed by atoms with van der Waals surface area (Å²) in [5, 5.41) is 2.10. The molecule has 0 atom stereocenters. The fourth-order valence-electron chi connectivity index (χ4n) is 1.41. The van der Waals surface area contributed by atoms with E-state index < -0.39 is 0 Å². The lowest BCUT2D eigenvalue weighted by atomic mass is 10.2. The second-order valence-electron chi connectivity index (χ2n) is 3.09. The predicted molar refractivity (Wildman–Crippen MR) is 64.0 cm³/mol. The molecule has 15 heavy (non-hydrogen) atoms. The third-order valence-electron chi connectivity index (χ3n) is 2.07. The van der Waals surface area contributed by atoms with Gasteiger partial charge in [0.05, 0.1) is 0 Å².